The molecule has 3 rings (SSSR count). The van der Waals surface area contributed by atoms with Gasteiger partial charge in [-0.15, -0.1) is 0 Å². The molecule has 4 N–H and O–H groups in total. The highest BCUT2D eigenvalue weighted by Gasteiger charge is 2.34. The molecule has 0 radical (unpaired) electrons. The van der Waals surface area contributed by atoms with Crippen LogP contribution in [0.15, 0.2) is 30.4 Å². The molecule has 0 aliphatic heterocycles. The van der Waals surface area contributed by atoms with Gasteiger partial charge < -0.3 is 16.2 Å². The highest BCUT2D eigenvalue weighted by Crippen LogP contribution is 2.38. The van der Waals surface area contributed by atoms with Crippen LogP contribution in [-0.2, 0) is 5.54 Å². The summed E-state index contributed by atoms with van der Waals surface area (Å²) in [5, 5.41) is 4.92. The summed E-state index contributed by atoms with van der Waals surface area (Å²) in [4.78, 5) is 12.5. The molecule has 2 aromatic rings. The molecule has 1 aliphatic rings. The maximum Gasteiger partial charge on any atom is 0.254 e. The van der Waals surface area contributed by atoms with Crippen LogP contribution < -0.4 is 16.2 Å². The van der Waals surface area contributed by atoms with Gasteiger partial charge in [-0.3, -0.25) is 4.79 Å². The monoisotopic (exact) mass is 450 g/mol. The fourth-order valence-electron chi connectivity index (χ4n) is 4.62. The number of unbranched alkanes of at least 4 members (excludes halogenated alkanes) is 1. The standard InChI is InChI=1S/C27H38N4O2/c1-5-7-9-12-21(18-20-13-14-22(33-6-2)17-19(20)3)24-23(26(29)32)25(28)31(30-24)27(4)15-10-8-11-16-27/h9,12-14,17-18H,5-8,10-11,15-16,28H2,1-4H3,(H2,29,32)/b12-9?,21-18+. The molecule has 33 heavy (non-hydrogen) atoms. The number of ether oxygens (including phenoxy) is 1. The highest BCUT2D eigenvalue weighted by molar-refractivity contribution is 6.04. The number of amides is 1. The van der Waals surface area contributed by atoms with Gasteiger partial charge in [-0.25, -0.2) is 4.68 Å². The van der Waals surface area contributed by atoms with E-state index in [0.717, 1.165) is 61.0 Å². The number of aryl methyl sites for hydroxylation is 1. The van der Waals surface area contributed by atoms with Crippen molar-refractivity contribution in [1.82, 2.24) is 9.78 Å². The van der Waals surface area contributed by atoms with E-state index in [4.69, 9.17) is 21.3 Å². The first-order valence-electron chi connectivity index (χ1n) is 12.1. The summed E-state index contributed by atoms with van der Waals surface area (Å²) in [6.45, 7) is 8.95. The van der Waals surface area contributed by atoms with Crippen LogP contribution in [0.1, 0.15) is 92.9 Å². The second-order valence-electron chi connectivity index (χ2n) is 9.18. The van der Waals surface area contributed by atoms with Crippen molar-refractivity contribution in [2.45, 2.75) is 78.2 Å². The fraction of sp³-hybridized carbons (Fsp3) is 0.481. The van der Waals surface area contributed by atoms with Crippen LogP contribution in [0.4, 0.5) is 5.82 Å². The van der Waals surface area contributed by atoms with Crippen LogP contribution in [0.5, 0.6) is 5.75 Å². The molecule has 0 atom stereocenters. The smallest absolute Gasteiger partial charge is 0.254 e. The van der Waals surface area contributed by atoms with Crippen LogP contribution in [0.3, 0.4) is 0 Å². The Labute approximate surface area is 197 Å². The van der Waals surface area contributed by atoms with E-state index in [1.807, 2.05) is 42.8 Å². The molecule has 1 heterocycles. The lowest BCUT2D eigenvalue weighted by molar-refractivity contribution is 0.100. The second kappa shape index (κ2) is 10.7. The second-order valence-corrected chi connectivity index (χ2v) is 9.18. The van der Waals surface area contributed by atoms with Crippen LogP contribution in [0, 0.1) is 6.92 Å². The number of nitrogens with zero attached hydrogens (tertiary/aromatic N) is 2. The average Bonchev–Trinajstić information content (AvgIpc) is 3.13. The molecule has 0 unspecified atom stereocenters. The number of carbonyl (C=O) groups excluding carboxylic acids is 1. The van der Waals surface area contributed by atoms with E-state index in [0.29, 0.717) is 23.7 Å². The van der Waals surface area contributed by atoms with Crippen molar-refractivity contribution < 1.29 is 9.53 Å². The topological polar surface area (TPSA) is 96.2 Å². The lowest BCUT2D eigenvalue weighted by Crippen LogP contribution is -2.34. The number of nitrogens with two attached hydrogens (primary N) is 2. The fourth-order valence-corrected chi connectivity index (χ4v) is 4.62. The van der Waals surface area contributed by atoms with Gasteiger partial charge in [0.05, 0.1) is 12.1 Å². The Morgan fingerprint density at radius 3 is 2.58 bits per heavy atom. The molecule has 6 heteroatoms. The van der Waals surface area contributed by atoms with Crippen LogP contribution in [-0.4, -0.2) is 22.3 Å². The molecular weight excluding hydrogens is 412 g/mol. The normalized spacial score (nSPS) is 16.3. The third kappa shape index (κ3) is 5.49. The number of carbonyl (C=O) groups is 1. The Morgan fingerprint density at radius 1 is 1.24 bits per heavy atom. The Balaban J connectivity index is 2.15. The number of aromatic nitrogens is 2. The molecule has 1 saturated carbocycles. The van der Waals surface area contributed by atoms with Gasteiger partial charge in [-0.2, -0.15) is 5.10 Å². The van der Waals surface area contributed by atoms with Gasteiger partial charge in [0.1, 0.15) is 22.8 Å². The predicted molar refractivity (Wildman–Crippen MR) is 136 cm³/mol. The first kappa shape index (κ1) is 24.6. The zero-order valence-corrected chi connectivity index (χ0v) is 20.5. The lowest BCUT2D eigenvalue weighted by atomic mass is 9.83. The van der Waals surface area contributed by atoms with E-state index in [2.05, 4.69) is 26.0 Å². The van der Waals surface area contributed by atoms with Gasteiger partial charge in [-0.05, 0) is 69.4 Å². The van der Waals surface area contributed by atoms with E-state index >= 15 is 0 Å². The molecule has 1 fully saturated rings. The first-order valence-corrected chi connectivity index (χ1v) is 12.1. The SMILES string of the molecule is CCCC=C/C(=C\c1ccc(OCC)cc1C)c1nn(C2(C)CCCCC2)c(N)c1C(N)=O. The quantitative estimate of drug-likeness (QED) is 0.469. The van der Waals surface area contributed by atoms with E-state index in [-0.39, 0.29) is 5.54 Å². The molecule has 0 spiro atoms. The number of primary amides is 1. The molecular formula is C27H38N4O2. The van der Waals surface area contributed by atoms with Crippen molar-refractivity contribution in [3.63, 3.8) is 0 Å². The van der Waals surface area contributed by atoms with Crippen molar-refractivity contribution >= 4 is 23.4 Å². The van der Waals surface area contributed by atoms with Gasteiger partial charge in [0.2, 0.25) is 0 Å². The van der Waals surface area contributed by atoms with Crippen molar-refractivity contribution in [2.24, 2.45) is 5.73 Å². The number of hydrogen-bond donors (Lipinski definition) is 2. The van der Waals surface area contributed by atoms with E-state index in [1.165, 1.54) is 6.42 Å². The predicted octanol–water partition coefficient (Wildman–Crippen LogP) is 5.85. The minimum atomic E-state index is -0.550. The highest BCUT2D eigenvalue weighted by atomic mass is 16.5. The molecule has 178 valence electrons. The van der Waals surface area contributed by atoms with Crippen molar-refractivity contribution in [3.05, 3.63) is 52.7 Å². The third-order valence-electron chi connectivity index (χ3n) is 6.50. The maximum absolute atomic E-state index is 12.5. The first-order chi connectivity index (χ1) is 15.8. The number of hydrogen-bond acceptors (Lipinski definition) is 4. The summed E-state index contributed by atoms with van der Waals surface area (Å²) in [7, 11) is 0. The van der Waals surface area contributed by atoms with Gasteiger partial charge in [0.15, 0.2) is 0 Å². The van der Waals surface area contributed by atoms with Crippen molar-refractivity contribution in [1.29, 1.82) is 0 Å². The molecule has 1 aromatic carbocycles. The van der Waals surface area contributed by atoms with Crippen molar-refractivity contribution in [3.8, 4) is 5.75 Å². The van der Waals surface area contributed by atoms with Crippen LogP contribution >= 0.6 is 0 Å². The van der Waals surface area contributed by atoms with Gasteiger partial charge in [0, 0.05) is 5.57 Å². The number of benzene rings is 1. The Kier molecular flexibility index (Phi) is 8.01. The molecule has 6 nitrogen and oxygen atoms in total. The summed E-state index contributed by atoms with van der Waals surface area (Å²) in [5.74, 6) is 0.651. The van der Waals surface area contributed by atoms with E-state index in [1.54, 1.807) is 0 Å². The Bertz CT molecular complexity index is 1040. The van der Waals surface area contributed by atoms with Gasteiger partial charge in [-0.1, -0.05) is 50.8 Å². The number of allylic oxidation sites excluding steroid dienone is 3. The van der Waals surface area contributed by atoms with Gasteiger partial charge in [0.25, 0.3) is 5.91 Å². The summed E-state index contributed by atoms with van der Waals surface area (Å²) in [5.41, 5.74) is 15.9. The average molecular weight is 451 g/mol. The summed E-state index contributed by atoms with van der Waals surface area (Å²) >= 11 is 0. The van der Waals surface area contributed by atoms with Crippen molar-refractivity contribution in [2.75, 3.05) is 12.3 Å². The zero-order chi connectivity index (χ0) is 24.0. The minimum absolute atomic E-state index is 0.210. The Morgan fingerprint density at radius 2 is 1.97 bits per heavy atom. The van der Waals surface area contributed by atoms with Gasteiger partial charge >= 0.3 is 0 Å². The molecule has 1 amide bonds. The molecule has 0 saturated heterocycles. The number of rotatable bonds is 9. The lowest BCUT2D eigenvalue weighted by Gasteiger charge is -2.34. The Hall–Kier alpha value is -3.02. The molecule has 0 bridgehead atoms. The van der Waals surface area contributed by atoms with E-state index in [9.17, 15) is 4.79 Å². The maximum atomic E-state index is 12.5. The minimum Gasteiger partial charge on any atom is -0.494 e. The number of anilines is 1. The van der Waals surface area contributed by atoms with Crippen LogP contribution in [0.2, 0.25) is 0 Å². The summed E-state index contributed by atoms with van der Waals surface area (Å²) in [6.07, 6.45) is 13.6. The third-order valence-corrected chi connectivity index (χ3v) is 6.50. The molecule has 1 aromatic heterocycles. The summed E-state index contributed by atoms with van der Waals surface area (Å²) < 4.78 is 7.49. The molecule has 1 aliphatic carbocycles. The number of nitrogen functional groups attached to an aromatic ring is 1. The zero-order valence-electron chi connectivity index (χ0n) is 20.5. The largest absolute Gasteiger partial charge is 0.494 e. The summed E-state index contributed by atoms with van der Waals surface area (Å²) in [6, 6.07) is 6.01. The van der Waals surface area contributed by atoms with Crippen LogP contribution in [0.25, 0.3) is 11.6 Å². The van der Waals surface area contributed by atoms with E-state index < -0.39 is 5.91 Å².